The van der Waals surface area contributed by atoms with Gasteiger partial charge in [0.15, 0.2) is 0 Å². The van der Waals surface area contributed by atoms with Crippen LogP contribution in [0.25, 0.3) is 0 Å². The SMILES string of the molecule is O=C(O)N1CCC(N2C(=O)NC[C@H]2c2ccccc2)CC1. The van der Waals surface area contributed by atoms with Gasteiger partial charge >= 0.3 is 12.1 Å². The molecule has 0 aromatic heterocycles. The Bertz CT molecular complexity index is 526. The number of piperidine rings is 1. The van der Waals surface area contributed by atoms with Crippen LogP contribution in [-0.4, -0.2) is 52.7 Å². The molecule has 0 spiro atoms. The van der Waals surface area contributed by atoms with E-state index in [0.717, 1.165) is 5.56 Å². The maximum Gasteiger partial charge on any atom is 0.407 e. The van der Waals surface area contributed by atoms with Crippen molar-refractivity contribution in [1.29, 1.82) is 0 Å². The fourth-order valence-electron chi connectivity index (χ4n) is 3.22. The number of nitrogens with one attached hydrogen (secondary N) is 1. The summed E-state index contributed by atoms with van der Waals surface area (Å²) in [7, 11) is 0. The van der Waals surface area contributed by atoms with E-state index < -0.39 is 6.09 Å². The first-order valence-corrected chi connectivity index (χ1v) is 7.26. The van der Waals surface area contributed by atoms with Crippen LogP contribution in [0.5, 0.6) is 0 Å². The zero-order chi connectivity index (χ0) is 14.8. The van der Waals surface area contributed by atoms with Crippen LogP contribution in [0.4, 0.5) is 9.59 Å². The highest BCUT2D eigenvalue weighted by Gasteiger charge is 2.38. The minimum Gasteiger partial charge on any atom is -0.465 e. The summed E-state index contributed by atoms with van der Waals surface area (Å²) in [6.07, 6.45) is 0.519. The first-order chi connectivity index (χ1) is 10.2. The molecule has 0 radical (unpaired) electrons. The molecule has 3 rings (SSSR count). The van der Waals surface area contributed by atoms with Crippen LogP contribution >= 0.6 is 0 Å². The number of benzene rings is 1. The number of carbonyl (C=O) groups excluding carboxylic acids is 1. The number of rotatable bonds is 2. The Morgan fingerprint density at radius 3 is 2.48 bits per heavy atom. The Labute approximate surface area is 123 Å². The Hall–Kier alpha value is -2.24. The smallest absolute Gasteiger partial charge is 0.407 e. The Morgan fingerprint density at radius 1 is 1.19 bits per heavy atom. The molecule has 112 valence electrons. The van der Waals surface area contributed by atoms with E-state index in [4.69, 9.17) is 5.11 Å². The summed E-state index contributed by atoms with van der Waals surface area (Å²) in [5.74, 6) is 0. The molecule has 2 N–H and O–H groups in total. The number of urea groups is 1. The number of carboxylic acid groups (broad SMARTS) is 1. The first-order valence-electron chi connectivity index (χ1n) is 7.26. The molecule has 2 heterocycles. The summed E-state index contributed by atoms with van der Waals surface area (Å²) in [6, 6.07) is 10.1. The van der Waals surface area contributed by atoms with Gasteiger partial charge in [0.1, 0.15) is 0 Å². The molecule has 2 saturated heterocycles. The van der Waals surface area contributed by atoms with E-state index in [9.17, 15) is 9.59 Å². The van der Waals surface area contributed by atoms with Gasteiger partial charge in [-0.2, -0.15) is 0 Å². The van der Waals surface area contributed by atoms with Crippen molar-refractivity contribution in [3.05, 3.63) is 35.9 Å². The molecule has 1 aromatic carbocycles. The van der Waals surface area contributed by atoms with Crippen molar-refractivity contribution >= 4 is 12.1 Å². The third-order valence-electron chi connectivity index (χ3n) is 4.33. The van der Waals surface area contributed by atoms with Crippen molar-refractivity contribution in [3.8, 4) is 0 Å². The summed E-state index contributed by atoms with van der Waals surface area (Å²) >= 11 is 0. The summed E-state index contributed by atoms with van der Waals surface area (Å²) in [6.45, 7) is 1.60. The lowest BCUT2D eigenvalue weighted by Crippen LogP contribution is -2.48. The zero-order valence-electron chi connectivity index (χ0n) is 11.7. The van der Waals surface area contributed by atoms with Crippen molar-refractivity contribution in [2.24, 2.45) is 0 Å². The van der Waals surface area contributed by atoms with Crippen LogP contribution in [0.15, 0.2) is 30.3 Å². The number of amides is 3. The van der Waals surface area contributed by atoms with E-state index in [0.29, 0.717) is 32.5 Å². The highest BCUT2D eigenvalue weighted by Crippen LogP contribution is 2.30. The highest BCUT2D eigenvalue weighted by atomic mass is 16.4. The average molecular weight is 289 g/mol. The van der Waals surface area contributed by atoms with Gasteiger partial charge in [-0.1, -0.05) is 30.3 Å². The second-order valence-corrected chi connectivity index (χ2v) is 5.52. The van der Waals surface area contributed by atoms with Gasteiger partial charge in [-0.3, -0.25) is 0 Å². The predicted molar refractivity (Wildman–Crippen MR) is 77.0 cm³/mol. The van der Waals surface area contributed by atoms with Gasteiger partial charge in [0.2, 0.25) is 0 Å². The Balaban J connectivity index is 1.74. The van der Waals surface area contributed by atoms with Crippen LogP contribution in [0.1, 0.15) is 24.4 Å². The standard InChI is InChI=1S/C15H19N3O3/c19-14-16-10-13(11-4-2-1-3-5-11)18(14)12-6-8-17(9-7-12)15(20)21/h1-5,12-13H,6-10H2,(H,16,19)(H,20,21)/t13-/m0/s1. The third-order valence-corrected chi connectivity index (χ3v) is 4.33. The van der Waals surface area contributed by atoms with Gasteiger partial charge < -0.3 is 20.2 Å². The zero-order valence-corrected chi connectivity index (χ0v) is 11.7. The van der Waals surface area contributed by atoms with Gasteiger partial charge in [0.05, 0.1) is 6.04 Å². The lowest BCUT2D eigenvalue weighted by atomic mass is 9.99. The number of carbonyl (C=O) groups is 2. The molecule has 0 saturated carbocycles. The van der Waals surface area contributed by atoms with Gasteiger partial charge in [-0.15, -0.1) is 0 Å². The second-order valence-electron chi connectivity index (χ2n) is 5.52. The summed E-state index contributed by atoms with van der Waals surface area (Å²) in [5.41, 5.74) is 1.12. The van der Waals surface area contributed by atoms with E-state index in [2.05, 4.69) is 5.32 Å². The minimum absolute atomic E-state index is 0.0417. The predicted octanol–water partition coefficient (Wildman–Crippen LogP) is 1.90. The maximum atomic E-state index is 12.2. The number of nitrogens with zero attached hydrogens (tertiary/aromatic N) is 2. The Morgan fingerprint density at radius 2 is 1.86 bits per heavy atom. The molecular weight excluding hydrogens is 270 g/mol. The molecule has 1 atom stereocenters. The molecule has 6 nitrogen and oxygen atoms in total. The van der Waals surface area contributed by atoms with Crippen molar-refractivity contribution in [2.75, 3.05) is 19.6 Å². The molecule has 2 fully saturated rings. The average Bonchev–Trinajstić information content (AvgIpc) is 2.90. The normalized spacial score (nSPS) is 23.2. The molecule has 0 unspecified atom stereocenters. The first kappa shape index (κ1) is 13.7. The van der Waals surface area contributed by atoms with Crippen LogP contribution in [0.3, 0.4) is 0 Å². The largest absolute Gasteiger partial charge is 0.465 e. The Kier molecular flexibility index (Phi) is 3.68. The molecular formula is C15H19N3O3. The van der Waals surface area contributed by atoms with E-state index in [1.165, 1.54) is 4.90 Å². The topological polar surface area (TPSA) is 72.9 Å². The van der Waals surface area contributed by atoms with Crippen molar-refractivity contribution in [2.45, 2.75) is 24.9 Å². The van der Waals surface area contributed by atoms with E-state index >= 15 is 0 Å². The molecule has 0 aliphatic carbocycles. The second kappa shape index (κ2) is 5.63. The number of likely N-dealkylation sites (tertiary alicyclic amines) is 1. The molecule has 6 heteroatoms. The van der Waals surface area contributed by atoms with Gasteiger partial charge in [0.25, 0.3) is 0 Å². The third kappa shape index (κ3) is 2.66. The minimum atomic E-state index is -0.876. The lowest BCUT2D eigenvalue weighted by Gasteiger charge is -2.37. The van der Waals surface area contributed by atoms with Gasteiger partial charge in [-0.25, -0.2) is 9.59 Å². The van der Waals surface area contributed by atoms with Crippen molar-refractivity contribution < 1.29 is 14.7 Å². The van der Waals surface area contributed by atoms with E-state index in [1.807, 2.05) is 35.2 Å². The van der Waals surface area contributed by atoms with Crippen LogP contribution in [0, 0.1) is 0 Å². The van der Waals surface area contributed by atoms with Crippen LogP contribution < -0.4 is 5.32 Å². The highest BCUT2D eigenvalue weighted by molar-refractivity contribution is 5.77. The quantitative estimate of drug-likeness (QED) is 0.873. The number of hydrogen-bond acceptors (Lipinski definition) is 2. The van der Waals surface area contributed by atoms with E-state index in [1.54, 1.807) is 0 Å². The summed E-state index contributed by atoms with van der Waals surface area (Å²) in [4.78, 5) is 26.4. The fourth-order valence-corrected chi connectivity index (χ4v) is 3.22. The molecule has 3 amide bonds. The molecule has 1 aromatic rings. The maximum absolute atomic E-state index is 12.2. The molecule has 2 aliphatic heterocycles. The van der Waals surface area contributed by atoms with Crippen molar-refractivity contribution in [3.63, 3.8) is 0 Å². The van der Waals surface area contributed by atoms with Crippen LogP contribution in [0.2, 0.25) is 0 Å². The number of hydrogen-bond donors (Lipinski definition) is 2. The van der Waals surface area contributed by atoms with Gasteiger partial charge in [-0.05, 0) is 18.4 Å². The molecule has 2 aliphatic rings. The monoisotopic (exact) mass is 289 g/mol. The fraction of sp³-hybridized carbons (Fsp3) is 0.467. The summed E-state index contributed by atoms with van der Waals surface area (Å²) in [5, 5.41) is 11.9. The van der Waals surface area contributed by atoms with E-state index in [-0.39, 0.29) is 18.1 Å². The lowest BCUT2D eigenvalue weighted by molar-refractivity contribution is 0.101. The van der Waals surface area contributed by atoms with Crippen LogP contribution in [-0.2, 0) is 0 Å². The molecule has 0 bridgehead atoms. The van der Waals surface area contributed by atoms with Crippen molar-refractivity contribution in [1.82, 2.24) is 15.1 Å². The molecule has 21 heavy (non-hydrogen) atoms. The van der Waals surface area contributed by atoms with Gasteiger partial charge in [0, 0.05) is 25.7 Å². The summed E-state index contributed by atoms with van der Waals surface area (Å²) < 4.78 is 0.